The number of aliphatic hydroxyl groups is 1. The summed E-state index contributed by atoms with van der Waals surface area (Å²) in [5, 5.41) is 15.7. The Bertz CT molecular complexity index is 2140. The monoisotopic (exact) mass is 578 g/mol. The van der Waals surface area contributed by atoms with E-state index in [-0.39, 0.29) is 22.3 Å². The minimum absolute atomic E-state index is 0.112. The second-order valence-corrected chi connectivity index (χ2v) is 11.5. The molecule has 1 N–H and O–H groups in total. The predicted octanol–water partition coefficient (Wildman–Crippen LogP) is 6.66. The van der Waals surface area contributed by atoms with Crippen LogP contribution in [0.15, 0.2) is 83.9 Å². The molecule has 0 spiro atoms. The molecular formula is C34H28F2N4O3. The van der Waals surface area contributed by atoms with Crippen molar-refractivity contribution in [2.24, 2.45) is 0 Å². The van der Waals surface area contributed by atoms with Gasteiger partial charge in [0.2, 0.25) is 0 Å². The molecule has 0 aliphatic rings. The molecule has 7 nitrogen and oxygen atoms in total. The maximum atomic E-state index is 15.4. The maximum absolute atomic E-state index is 15.4. The molecule has 43 heavy (non-hydrogen) atoms. The van der Waals surface area contributed by atoms with Crippen LogP contribution < -0.4 is 5.56 Å². The van der Waals surface area contributed by atoms with Crippen LogP contribution in [0.2, 0.25) is 0 Å². The van der Waals surface area contributed by atoms with E-state index in [0.717, 1.165) is 10.2 Å². The molecule has 6 aromatic rings. The van der Waals surface area contributed by atoms with Crippen LogP contribution in [0.4, 0.5) is 8.78 Å². The molecule has 0 aliphatic carbocycles. The van der Waals surface area contributed by atoms with Crippen LogP contribution in [0, 0.1) is 11.6 Å². The molecule has 216 valence electrons. The number of aliphatic hydroxyl groups excluding tert-OH is 1. The van der Waals surface area contributed by atoms with Gasteiger partial charge in [-0.3, -0.25) is 9.59 Å². The second kappa shape index (κ2) is 10.4. The average Bonchev–Trinajstić information content (AvgIpc) is 3.35. The molecule has 0 aliphatic heterocycles. The molecule has 0 fully saturated rings. The number of pyridine rings is 1. The number of rotatable bonds is 5. The Hall–Kier alpha value is -5.02. The summed E-state index contributed by atoms with van der Waals surface area (Å²) in [6.45, 7) is 6.80. The number of halogens is 2. The standard InChI is InChI=1S/C34H28F2N4O3/c1-19(42)24-17-39(32-22(24)12-13-28(38-32)23-8-5-6-9-26(23)35)29-10-7-11-30(25(29)18-41)40-33(43)31-20(16-37-40)14-21(15-27(31)36)34(2,3)4/h5-17,41H,18H2,1-4H3. The molecule has 0 bridgehead atoms. The Labute approximate surface area is 245 Å². The van der Waals surface area contributed by atoms with Gasteiger partial charge in [0.05, 0.1) is 35.3 Å². The fraction of sp³-hybridized carbons (Fsp3) is 0.176. The molecule has 0 radical (unpaired) electrons. The van der Waals surface area contributed by atoms with Gasteiger partial charge >= 0.3 is 0 Å². The van der Waals surface area contributed by atoms with Crippen molar-refractivity contribution < 1.29 is 18.7 Å². The summed E-state index contributed by atoms with van der Waals surface area (Å²) in [4.78, 5) is 31.0. The van der Waals surface area contributed by atoms with E-state index in [1.807, 2.05) is 20.8 Å². The number of hydrogen-bond acceptors (Lipinski definition) is 5. The lowest BCUT2D eigenvalue weighted by Crippen LogP contribution is -2.24. The highest BCUT2D eigenvalue weighted by molar-refractivity contribution is 6.07. The van der Waals surface area contributed by atoms with E-state index < -0.39 is 23.8 Å². The Balaban J connectivity index is 1.59. The van der Waals surface area contributed by atoms with Crippen LogP contribution in [-0.2, 0) is 12.0 Å². The zero-order chi connectivity index (χ0) is 30.6. The fourth-order valence-corrected chi connectivity index (χ4v) is 5.37. The van der Waals surface area contributed by atoms with E-state index in [1.54, 1.807) is 65.4 Å². The van der Waals surface area contributed by atoms with Crippen molar-refractivity contribution in [3.63, 3.8) is 0 Å². The summed E-state index contributed by atoms with van der Waals surface area (Å²) in [6.07, 6.45) is 3.04. The van der Waals surface area contributed by atoms with Crippen LogP contribution in [0.5, 0.6) is 0 Å². The topological polar surface area (TPSA) is 90.0 Å². The molecule has 0 saturated carbocycles. The molecule has 3 aromatic carbocycles. The normalized spacial score (nSPS) is 11.9. The van der Waals surface area contributed by atoms with Crippen molar-refractivity contribution in [3.05, 3.63) is 118 Å². The number of aromatic nitrogens is 4. The zero-order valence-electron chi connectivity index (χ0n) is 24.0. The quantitative estimate of drug-likeness (QED) is 0.231. The van der Waals surface area contributed by atoms with Gasteiger partial charge in [-0.2, -0.15) is 9.78 Å². The summed E-state index contributed by atoms with van der Waals surface area (Å²) in [5.74, 6) is -1.30. The Morgan fingerprint density at radius 2 is 1.70 bits per heavy atom. The van der Waals surface area contributed by atoms with Gasteiger partial charge in [0.25, 0.3) is 5.56 Å². The number of carbonyl (C=O) groups excluding carboxylic acids is 1. The van der Waals surface area contributed by atoms with Crippen molar-refractivity contribution >= 4 is 27.6 Å². The highest BCUT2D eigenvalue weighted by Gasteiger charge is 2.22. The number of hydrogen-bond donors (Lipinski definition) is 1. The van der Waals surface area contributed by atoms with Gasteiger partial charge in [0.15, 0.2) is 5.78 Å². The largest absolute Gasteiger partial charge is 0.392 e. The van der Waals surface area contributed by atoms with E-state index in [0.29, 0.717) is 44.5 Å². The number of ketones is 1. The van der Waals surface area contributed by atoms with Crippen molar-refractivity contribution in [1.29, 1.82) is 0 Å². The SMILES string of the molecule is CC(=O)c1cn(-c2cccc(-n3ncc4cc(C(C)(C)C)cc(F)c4c3=O)c2CO)c2nc(-c3ccccc3F)ccc12. The zero-order valence-corrected chi connectivity index (χ0v) is 24.0. The number of carbonyl (C=O) groups is 1. The number of benzene rings is 3. The van der Waals surface area contributed by atoms with E-state index in [1.165, 1.54) is 25.3 Å². The first-order valence-corrected chi connectivity index (χ1v) is 13.7. The molecular weight excluding hydrogens is 550 g/mol. The summed E-state index contributed by atoms with van der Waals surface area (Å²) >= 11 is 0. The minimum atomic E-state index is -0.677. The van der Waals surface area contributed by atoms with Gasteiger partial charge < -0.3 is 9.67 Å². The summed E-state index contributed by atoms with van der Waals surface area (Å²) in [5.41, 5.74) is 2.08. The highest BCUT2D eigenvalue weighted by atomic mass is 19.1. The van der Waals surface area contributed by atoms with Gasteiger partial charge in [-0.1, -0.05) is 39.0 Å². The molecule has 3 heterocycles. The Morgan fingerprint density at radius 3 is 2.40 bits per heavy atom. The maximum Gasteiger partial charge on any atom is 0.282 e. The minimum Gasteiger partial charge on any atom is -0.392 e. The van der Waals surface area contributed by atoms with Crippen molar-refractivity contribution in [1.82, 2.24) is 19.3 Å². The third-order valence-corrected chi connectivity index (χ3v) is 7.66. The Kier molecular flexibility index (Phi) is 6.77. The third-order valence-electron chi connectivity index (χ3n) is 7.66. The van der Waals surface area contributed by atoms with E-state index in [4.69, 9.17) is 4.98 Å². The predicted molar refractivity (Wildman–Crippen MR) is 162 cm³/mol. The second-order valence-electron chi connectivity index (χ2n) is 11.5. The van der Waals surface area contributed by atoms with E-state index in [9.17, 15) is 19.1 Å². The third kappa shape index (κ3) is 4.71. The lowest BCUT2D eigenvalue weighted by Gasteiger charge is -2.20. The van der Waals surface area contributed by atoms with Crippen molar-refractivity contribution in [2.45, 2.75) is 39.7 Å². The van der Waals surface area contributed by atoms with E-state index >= 15 is 4.39 Å². The first kappa shape index (κ1) is 28.1. The van der Waals surface area contributed by atoms with Crippen LogP contribution in [0.1, 0.15) is 49.2 Å². The van der Waals surface area contributed by atoms with Crippen molar-refractivity contribution in [2.75, 3.05) is 0 Å². The first-order chi connectivity index (χ1) is 20.5. The number of Topliss-reactive ketones (excluding diaryl/α,β-unsaturated/α-hetero) is 1. The lowest BCUT2D eigenvalue weighted by molar-refractivity contribution is 0.101. The summed E-state index contributed by atoms with van der Waals surface area (Å²) in [6, 6.07) is 17.7. The Morgan fingerprint density at radius 1 is 0.953 bits per heavy atom. The van der Waals surface area contributed by atoms with Crippen molar-refractivity contribution in [3.8, 4) is 22.6 Å². The summed E-state index contributed by atoms with van der Waals surface area (Å²) in [7, 11) is 0. The van der Waals surface area contributed by atoms with Crippen LogP contribution >= 0.6 is 0 Å². The first-order valence-electron chi connectivity index (χ1n) is 13.7. The summed E-state index contributed by atoms with van der Waals surface area (Å²) < 4.78 is 32.7. The van der Waals surface area contributed by atoms with Crippen LogP contribution in [-0.4, -0.2) is 30.2 Å². The number of fused-ring (bicyclic) bond motifs is 2. The average molecular weight is 579 g/mol. The molecule has 3 aromatic heterocycles. The molecule has 0 unspecified atom stereocenters. The van der Waals surface area contributed by atoms with E-state index in [2.05, 4.69) is 5.10 Å². The fourth-order valence-electron chi connectivity index (χ4n) is 5.37. The highest BCUT2D eigenvalue weighted by Crippen LogP contribution is 2.32. The van der Waals surface area contributed by atoms with Gasteiger partial charge in [-0.05, 0) is 66.4 Å². The molecule has 9 heteroatoms. The molecule has 6 rings (SSSR count). The van der Waals surface area contributed by atoms with Crippen LogP contribution in [0.3, 0.4) is 0 Å². The van der Waals surface area contributed by atoms with Gasteiger partial charge in [-0.25, -0.2) is 13.8 Å². The van der Waals surface area contributed by atoms with Gasteiger partial charge in [0.1, 0.15) is 17.3 Å². The van der Waals surface area contributed by atoms with Crippen LogP contribution in [0.25, 0.3) is 44.4 Å². The molecule has 0 amide bonds. The van der Waals surface area contributed by atoms with Gasteiger partial charge in [-0.15, -0.1) is 0 Å². The molecule has 0 atom stereocenters. The van der Waals surface area contributed by atoms with Gasteiger partial charge in [0, 0.05) is 33.7 Å². The number of nitrogens with zero attached hydrogens (tertiary/aromatic N) is 4. The molecule has 0 saturated heterocycles. The smallest absolute Gasteiger partial charge is 0.282 e. The lowest BCUT2D eigenvalue weighted by atomic mass is 9.86.